The van der Waals surface area contributed by atoms with E-state index in [0.29, 0.717) is 23.6 Å². The molecule has 0 aliphatic heterocycles. The zero-order valence-electron chi connectivity index (χ0n) is 24.6. The molecule has 222 valence electrons. The minimum atomic E-state index is -0.814. The molecule has 8 nitrogen and oxygen atoms in total. The van der Waals surface area contributed by atoms with Gasteiger partial charge in [0.05, 0.1) is 31.6 Å². The van der Waals surface area contributed by atoms with E-state index >= 15 is 0 Å². The van der Waals surface area contributed by atoms with E-state index in [-0.39, 0.29) is 42.5 Å². The van der Waals surface area contributed by atoms with Gasteiger partial charge in [0.15, 0.2) is 5.75 Å². The van der Waals surface area contributed by atoms with E-state index in [9.17, 15) is 14.4 Å². The molecule has 42 heavy (non-hydrogen) atoms. The van der Waals surface area contributed by atoms with Gasteiger partial charge in [0.1, 0.15) is 5.75 Å². The Labute approximate surface area is 247 Å². The molecule has 0 saturated carbocycles. The maximum atomic E-state index is 13.0. The number of benzene rings is 3. The van der Waals surface area contributed by atoms with Crippen LogP contribution in [0.3, 0.4) is 0 Å². The summed E-state index contributed by atoms with van der Waals surface area (Å²) in [6, 6.07) is 23.7. The van der Waals surface area contributed by atoms with Gasteiger partial charge in [-0.2, -0.15) is 0 Å². The van der Waals surface area contributed by atoms with Crippen LogP contribution in [0, 0.1) is 11.8 Å². The van der Waals surface area contributed by atoms with E-state index in [1.54, 1.807) is 48.5 Å². The van der Waals surface area contributed by atoms with Crippen molar-refractivity contribution < 1.29 is 33.3 Å². The Balaban J connectivity index is 1.64. The molecule has 0 bridgehead atoms. The van der Waals surface area contributed by atoms with Crippen LogP contribution in [-0.4, -0.2) is 37.7 Å². The molecule has 0 aliphatic carbocycles. The number of aryl methyl sites for hydroxylation is 1. The zero-order valence-corrected chi connectivity index (χ0v) is 24.6. The van der Waals surface area contributed by atoms with Crippen LogP contribution in [0.15, 0.2) is 90.7 Å². The number of esters is 2. The summed E-state index contributed by atoms with van der Waals surface area (Å²) in [5, 5.41) is 2.80. The van der Waals surface area contributed by atoms with Gasteiger partial charge < -0.3 is 24.3 Å². The smallest absolute Gasteiger partial charge is 0.374 e. The van der Waals surface area contributed by atoms with Crippen LogP contribution in [0.4, 0.5) is 5.69 Å². The molecule has 0 atom stereocenters. The summed E-state index contributed by atoms with van der Waals surface area (Å²) in [6.45, 7) is 8.48. The van der Waals surface area contributed by atoms with Gasteiger partial charge in [0, 0.05) is 5.56 Å². The predicted octanol–water partition coefficient (Wildman–Crippen LogP) is 6.61. The molecule has 1 amide bonds. The second-order valence-electron chi connectivity index (χ2n) is 10.5. The Morgan fingerprint density at radius 2 is 1.43 bits per heavy atom. The van der Waals surface area contributed by atoms with Gasteiger partial charge in [-0.3, -0.25) is 4.79 Å². The fourth-order valence-corrected chi connectivity index (χ4v) is 3.63. The third-order valence-electron chi connectivity index (χ3n) is 5.75. The van der Waals surface area contributed by atoms with E-state index < -0.39 is 11.9 Å². The lowest BCUT2D eigenvalue weighted by molar-refractivity contribution is -0.144. The minimum Gasteiger partial charge on any atom is -0.494 e. The van der Waals surface area contributed by atoms with Crippen LogP contribution in [0.5, 0.6) is 11.5 Å². The van der Waals surface area contributed by atoms with E-state index in [4.69, 9.17) is 18.9 Å². The van der Waals surface area contributed by atoms with Crippen molar-refractivity contribution in [1.82, 2.24) is 0 Å². The van der Waals surface area contributed by atoms with Crippen LogP contribution < -0.4 is 14.8 Å². The predicted molar refractivity (Wildman–Crippen MR) is 161 cm³/mol. The fourth-order valence-electron chi connectivity index (χ4n) is 3.63. The van der Waals surface area contributed by atoms with Gasteiger partial charge in [-0.25, -0.2) is 9.59 Å². The summed E-state index contributed by atoms with van der Waals surface area (Å²) in [7, 11) is 0. The number of rotatable bonds is 15. The molecular weight excluding hydrogens is 534 g/mol. The second-order valence-corrected chi connectivity index (χ2v) is 10.5. The van der Waals surface area contributed by atoms with E-state index in [0.717, 1.165) is 18.9 Å². The number of ether oxygens (including phenoxy) is 4. The first-order valence-electron chi connectivity index (χ1n) is 14.1. The SMILES string of the molecule is CC(C)COC(=O)/C=C(\Oc1ccccc1NC(=O)c1ccc(OCCCc2ccccc2)cc1)C(=O)OCC(C)C. The molecule has 0 unspecified atom stereocenters. The van der Waals surface area contributed by atoms with Crippen molar-refractivity contribution in [3.8, 4) is 11.5 Å². The normalized spacial score (nSPS) is 11.2. The molecule has 0 spiro atoms. The molecule has 0 aliphatic rings. The van der Waals surface area contributed by atoms with E-state index in [2.05, 4.69) is 17.4 Å². The lowest BCUT2D eigenvalue weighted by Gasteiger charge is -2.15. The molecule has 0 aromatic heterocycles. The topological polar surface area (TPSA) is 100 Å². The summed E-state index contributed by atoms with van der Waals surface area (Å²) >= 11 is 0. The van der Waals surface area contributed by atoms with E-state index in [1.807, 2.05) is 45.9 Å². The Kier molecular flexibility index (Phi) is 12.6. The number of para-hydroxylation sites is 2. The third-order valence-corrected chi connectivity index (χ3v) is 5.75. The maximum absolute atomic E-state index is 13.0. The maximum Gasteiger partial charge on any atom is 0.374 e. The highest BCUT2D eigenvalue weighted by molar-refractivity contribution is 6.05. The first kappa shape index (κ1) is 31.9. The number of anilines is 1. The highest BCUT2D eigenvalue weighted by Crippen LogP contribution is 2.27. The van der Waals surface area contributed by atoms with Crippen molar-refractivity contribution in [2.24, 2.45) is 11.8 Å². The van der Waals surface area contributed by atoms with Crippen molar-refractivity contribution in [3.05, 3.63) is 102 Å². The Bertz CT molecular complexity index is 1330. The minimum absolute atomic E-state index is 0.0840. The molecular formula is C34H39NO7. The number of carbonyl (C=O) groups is 3. The summed E-state index contributed by atoms with van der Waals surface area (Å²) in [5.41, 5.74) is 1.98. The van der Waals surface area contributed by atoms with Crippen LogP contribution in [0.25, 0.3) is 0 Å². The first-order valence-corrected chi connectivity index (χ1v) is 14.1. The van der Waals surface area contributed by atoms with Crippen molar-refractivity contribution in [2.45, 2.75) is 40.5 Å². The van der Waals surface area contributed by atoms with Crippen LogP contribution in [-0.2, 0) is 25.5 Å². The average Bonchev–Trinajstić information content (AvgIpc) is 2.98. The molecule has 0 fully saturated rings. The molecule has 1 N–H and O–H groups in total. The fraction of sp³-hybridized carbons (Fsp3) is 0.324. The highest BCUT2D eigenvalue weighted by Gasteiger charge is 2.20. The van der Waals surface area contributed by atoms with Crippen molar-refractivity contribution >= 4 is 23.5 Å². The lowest BCUT2D eigenvalue weighted by atomic mass is 10.1. The molecule has 3 rings (SSSR count). The Morgan fingerprint density at radius 3 is 2.12 bits per heavy atom. The molecule has 3 aromatic carbocycles. The summed E-state index contributed by atoms with van der Waals surface area (Å²) in [5.74, 6) is -1.24. The molecule has 0 saturated heterocycles. The summed E-state index contributed by atoms with van der Waals surface area (Å²) in [6.07, 6.45) is 2.76. The monoisotopic (exact) mass is 573 g/mol. The van der Waals surface area contributed by atoms with Gasteiger partial charge in [0.25, 0.3) is 5.91 Å². The number of nitrogens with one attached hydrogen (secondary N) is 1. The first-order chi connectivity index (χ1) is 20.2. The Hall–Kier alpha value is -4.59. The quantitative estimate of drug-likeness (QED) is 0.0945. The van der Waals surface area contributed by atoms with Gasteiger partial charge in [-0.15, -0.1) is 0 Å². The third kappa shape index (κ3) is 11.1. The van der Waals surface area contributed by atoms with E-state index in [1.165, 1.54) is 5.56 Å². The van der Waals surface area contributed by atoms with Gasteiger partial charge in [0.2, 0.25) is 5.76 Å². The summed E-state index contributed by atoms with van der Waals surface area (Å²) < 4.78 is 22.1. The van der Waals surface area contributed by atoms with Crippen LogP contribution in [0.2, 0.25) is 0 Å². The van der Waals surface area contributed by atoms with Crippen LogP contribution >= 0.6 is 0 Å². The molecule has 3 aromatic rings. The number of hydrogen-bond donors (Lipinski definition) is 1. The van der Waals surface area contributed by atoms with Crippen molar-refractivity contribution in [1.29, 1.82) is 0 Å². The number of hydrogen-bond acceptors (Lipinski definition) is 7. The molecule has 8 heteroatoms. The summed E-state index contributed by atoms with van der Waals surface area (Å²) in [4.78, 5) is 38.1. The lowest BCUT2D eigenvalue weighted by Crippen LogP contribution is -2.19. The largest absolute Gasteiger partial charge is 0.494 e. The Morgan fingerprint density at radius 1 is 0.786 bits per heavy atom. The van der Waals surface area contributed by atoms with Crippen LogP contribution in [0.1, 0.15) is 50.0 Å². The average molecular weight is 574 g/mol. The standard InChI is InChI=1S/C34H39NO7/c1-24(2)22-40-32(36)21-31(34(38)41-23-25(3)4)42-30-15-9-8-14-29(30)35-33(37)27-16-18-28(19-17-27)39-20-10-13-26-11-6-5-7-12-26/h5-9,11-12,14-19,21,24-25H,10,13,20,22-23H2,1-4H3,(H,35,37)/b31-21-. The highest BCUT2D eigenvalue weighted by atomic mass is 16.6. The number of carbonyl (C=O) groups excluding carboxylic acids is 3. The van der Waals surface area contributed by atoms with Crippen molar-refractivity contribution in [2.75, 3.05) is 25.1 Å². The molecule has 0 radical (unpaired) electrons. The van der Waals surface area contributed by atoms with Gasteiger partial charge in [-0.05, 0) is 66.6 Å². The zero-order chi connectivity index (χ0) is 30.3. The van der Waals surface area contributed by atoms with Gasteiger partial charge >= 0.3 is 11.9 Å². The van der Waals surface area contributed by atoms with Crippen molar-refractivity contribution in [3.63, 3.8) is 0 Å². The number of amides is 1. The van der Waals surface area contributed by atoms with Gasteiger partial charge in [-0.1, -0.05) is 70.2 Å². The second kappa shape index (κ2) is 16.6. The molecule has 0 heterocycles.